The number of tetrazole rings is 1. The van der Waals surface area contributed by atoms with Gasteiger partial charge in [0, 0.05) is 11.3 Å². The molecular formula is C19H19N7O. The Morgan fingerprint density at radius 1 is 1.04 bits per heavy atom. The number of hydrogen-bond donors (Lipinski definition) is 1. The first-order valence-electron chi connectivity index (χ1n) is 8.71. The summed E-state index contributed by atoms with van der Waals surface area (Å²) in [6, 6.07) is 18.1. The lowest BCUT2D eigenvalue weighted by Gasteiger charge is -2.05. The van der Waals surface area contributed by atoms with Crippen LogP contribution in [0.5, 0.6) is 0 Å². The largest absolute Gasteiger partial charge is 0.376 e. The summed E-state index contributed by atoms with van der Waals surface area (Å²) in [5.74, 6) is 1.86. The van der Waals surface area contributed by atoms with E-state index in [1.54, 1.807) is 11.7 Å². The Morgan fingerprint density at radius 2 is 1.85 bits per heavy atom. The van der Waals surface area contributed by atoms with Crippen molar-refractivity contribution in [1.82, 2.24) is 30.3 Å². The number of hydrogen-bond acceptors (Lipinski definition) is 7. The van der Waals surface area contributed by atoms with Gasteiger partial charge in [-0.1, -0.05) is 47.6 Å². The van der Waals surface area contributed by atoms with Crippen LogP contribution in [0.25, 0.3) is 11.4 Å². The van der Waals surface area contributed by atoms with Crippen molar-refractivity contribution in [2.45, 2.75) is 26.4 Å². The molecule has 0 atom stereocenters. The second-order valence-electron chi connectivity index (χ2n) is 6.11. The van der Waals surface area contributed by atoms with Gasteiger partial charge in [-0.2, -0.15) is 9.78 Å². The highest BCUT2D eigenvalue weighted by molar-refractivity contribution is 5.53. The van der Waals surface area contributed by atoms with E-state index in [1.165, 1.54) is 5.56 Å². The van der Waals surface area contributed by atoms with Crippen LogP contribution in [0.3, 0.4) is 0 Å². The normalized spacial score (nSPS) is 10.9. The van der Waals surface area contributed by atoms with Crippen LogP contribution in [0, 0.1) is 6.92 Å². The van der Waals surface area contributed by atoms with Gasteiger partial charge in [-0.05, 0) is 36.3 Å². The Balaban J connectivity index is 1.30. The van der Waals surface area contributed by atoms with E-state index in [1.807, 2.05) is 42.5 Å². The average Bonchev–Trinajstić information content (AvgIpc) is 3.35. The van der Waals surface area contributed by atoms with Crippen molar-refractivity contribution in [2.24, 2.45) is 0 Å². The Kier molecular flexibility index (Phi) is 4.86. The van der Waals surface area contributed by atoms with E-state index in [0.29, 0.717) is 30.6 Å². The number of benzene rings is 2. The van der Waals surface area contributed by atoms with Crippen LogP contribution >= 0.6 is 0 Å². The van der Waals surface area contributed by atoms with Crippen molar-refractivity contribution < 1.29 is 4.52 Å². The number of nitrogens with zero attached hydrogens (tertiary/aromatic N) is 6. The Bertz CT molecular complexity index is 992. The third-order valence-electron chi connectivity index (χ3n) is 4.05. The van der Waals surface area contributed by atoms with Gasteiger partial charge in [0.15, 0.2) is 5.82 Å². The highest BCUT2D eigenvalue weighted by Gasteiger charge is 2.06. The predicted octanol–water partition coefficient (Wildman–Crippen LogP) is 2.89. The molecule has 27 heavy (non-hydrogen) atoms. The van der Waals surface area contributed by atoms with Crippen LogP contribution < -0.4 is 5.32 Å². The fourth-order valence-corrected chi connectivity index (χ4v) is 2.65. The molecule has 0 fully saturated rings. The summed E-state index contributed by atoms with van der Waals surface area (Å²) < 4.78 is 5.09. The van der Waals surface area contributed by atoms with Crippen molar-refractivity contribution in [1.29, 1.82) is 0 Å². The lowest BCUT2D eigenvalue weighted by molar-refractivity contribution is 0.379. The molecule has 4 aromatic rings. The predicted molar refractivity (Wildman–Crippen MR) is 99.8 cm³/mol. The van der Waals surface area contributed by atoms with Gasteiger partial charge in [-0.25, -0.2) is 0 Å². The molecule has 0 radical (unpaired) electrons. The van der Waals surface area contributed by atoms with Crippen LogP contribution in [-0.4, -0.2) is 30.3 Å². The van der Waals surface area contributed by atoms with E-state index < -0.39 is 0 Å². The number of nitrogens with one attached hydrogen (secondary N) is 1. The van der Waals surface area contributed by atoms with E-state index in [2.05, 4.69) is 43.0 Å². The van der Waals surface area contributed by atoms with Gasteiger partial charge < -0.3 is 9.84 Å². The van der Waals surface area contributed by atoms with Gasteiger partial charge >= 0.3 is 0 Å². The molecule has 0 saturated carbocycles. The van der Waals surface area contributed by atoms with Crippen molar-refractivity contribution >= 4 is 5.69 Å². The van der Waals surface area contributed by atoms with Crippen molar-refractivity contribution in [3.63, 3.8) is 0 Å². The minimum atomic E-state index is 0.505. The quantitative estimate of drug-likeness (QED) is 0.541. The monoisotopic (exact) mass is 361 g/mol. The molecule has 2 heterocycles. The summed E-state index contributed by atoms with van der Waals surface area (Å²) in [4.78, 5) is 5.80. The Labute approximate surface area is 156 Å². The zero-order chi connectivity index (χ0) is 18.5. The van der Waals surface area contributed by atoms with E-state index in [-0.39, 0.29) is 0 Å². The highest BCUT2D eigenvalue weighted by atomic mass is 16.5. The van der Waals surface area contributed by atoms with E-state index in [0.717, 1.165) is 17.7 Å². The maximum absolute atomic E-state index is 5.09. The zero-order valence-corrected chi connectivity index (χ0v) is 14.9. The minimum Gasteiger partial charge on any atom is -0.376 e. The van der Waals surface area contributed by atoms with Gasteiger partial charge in [0.05, 0.1) is 13.1 Å². The topological polar surface area (TPSA) is 94.6 Å². The molecule has 0 amide bonds. The van der Waals surface area contributed by atoms with E-state index in [4.69, 9.17) is 4.52 Å². The fourth-order valence-electron chi connectivity index (χ4n) is 2.65. The third-order valence-corrected chi connectivity index (χ3v) is 4.05. The molecule has 0 bridgehead atoms. The van der Waals surface area contributed by atoms with E-state index >= 15 is 0 Å². The van der Waals surface area contributed by atoms with Crippen LogP contribution in [0.2, 0.25) is 0 Å². The highest BCUT2D eigenvalue weighted by Crippen LogP contribution is 2.13. The fraction of sp³-hybridized carbons (Fsp3) is 0.211. The van der Waals surface area contributed by atoms with Crippen molar-refractivity contribution in [3.8, 4) is 11.4 Å². The maximum atomic E-state index is 5.09. The molecule has 2 aromatic carbocycles. The van der Waals surface area contributed by atoms with Crippen LogP contribution in [0.1, 0.15) is 17.3 Å². The third kappa shape index (κ3) is 4.35. The molecule has 8 nitrogen and oxygen atoms in total. The first kappa shape index (κ1) is 16.9. The first-order valence-corrected chi connectivity index (χ1v) is 8.71. The summed E-state index contributed by atoms with van der Waals surface area (Å²) in [6.45, 7) is 2.98. The molecule has 0 unspecified atom stereocenters. The lowest BCUT2D eigenvalue weighted by Crippen LogP contribution is -2.05. The van der Waals surface area contributed by atoms with Gasteiger partial charge in [-0.3, -0.25) is 0 Å². The standard InChI is InChI=1S/C19H19N7O/c1-14-21-18(27-24-14)13-20-17-9-7-15(8-10-17)11-12-26-23-19(22-25-26)16-5-3-2-4-6-16/h2-10,20H,11-13H2,1H3. The molecule has 4 rings (SSSR count). The smallest absolute Gasteiger partial charge is 0.245 e. The molecule has 0 aliphatic carbocycles. The van der Waals surface area contributed by atoms with Crippen molar-refractivity contribution in [2.75, 3.05) is 5.32 Å². The van der Waals surface area contributed by atoms with Crippen LogP contribution in [-0.2, 0) is 19.5 Å². The summed E-state index contributed by atoms with van der Waals surface area (Å²) in [7, 11) is 0. The summed E-state index contributed by atoms with van der Waals surface area (Å²) >= 11 is 0. The van der Waals surface area contributed by atoms with Gasteiger partial charge in [0.1, 0.15) is 0 Å². The molecule has 0 spiro atoms. The number of aromatic nitrogens is 6. The lowest BCUT2D eigenvalue weighted by atomic mass is 10.1. The minimum absolute atomic E-state index is 0.505. The van der Waals surface area contributed by atoms with Gasteiger partial charge in [-0.15, -0.1) is 10.2 Å². The second kappa shape index (κ2) is 7.77. The molecule has 136 valence electrons. The average molecular weight is 361 g/mol. The SMILES string of the molecule is Cc1noc(CNc2ccc(CCn3nnc(-c4ccccc4)n3)cc2)n1. The molecule has 0 aliphatic heterocycles. The maximum Gasteiger partial charge on any atom is 0.245 e. The number of anilines is 1. The molecule has 0 aliphatic rings. The van der Waals surface area contributed by atoms with Crippen molar-refractivity contribution in [3.05, 3.63) is 71.9 Å². The van der Waals surface area contributed by atoms with Gasteiger partial charge in [0.2, 0.25) is 11.7 Å². The summed E-state index contributed by atoms with van der Waals surface area (Å²) in [5.41, 5.74) is 3.17. The number of aryl methyl sites for hydroxylation is 3. The molecule has 2 aromatic heterocycles. The summed E-state index contributed by atoms with van der Waals surface area (Å²) in [6.07, 6.45) is 0.827. The molecular weight excluding hydrogens is 342 g/mol. The molecule has 0 saturated heterocycles. The first-order chi connectivity index (χ1) is 13.3. The number of rotatable bonds is 7. The Hall–Kier alpha value is -3.55. The van der Waals surface area contributed by atoms with Crippen LogP contribution in [0.15, 0.2) is 59.1 Å². The van der Waals surface area contributed by atoms with E-state index in [9.17, 15) is 0 Å². The van der Waals surface area contributed by atoms with Gasteiger partial charge in [0.25, 0.3) is 0 Å². The zero-order valence-electron chi connectivity index (χ0n) is 14.9. The van der Waals surface area contributed by atoms with Crippen LogP contribution in [0.4, 0.5) is 5.69 Å². The second-order valence-corrected chi connectivity index (χ2v) is 6.11. The molecule has 1 N–H and O–H groups in total. The molecule has 8 heteroatoms. The summed E-state index contributed by atoms with van der Waals surface area (Å²) in [5, 5.41) is 19.7. The Morgan fingerprint density at radius 3 is 2.59 bits per heavy atom.